The van der Waals surface area contributed by atoms with Gasteiger partial charge in [-0.1, -0.05) is 6.92 Å². The first-order chi connectivity index (χ1) is 11.9. The number of nitrogens with one attached hydrogen (secondary N) is 3. The molecule has 4 N–H and O–H groups in total. The van der Waals surface area contributed by atoms with E-state index in [2.05, 4.69) is 16.0 Å². The summed E-state index contributed by atoms with van der Waals surface area (Å²) in [6.45, 7) is 9.44. The summed E-state index contributed by atoms with van der Waals surface area (Å²) in [5, 5.41) is 17.1. The number of carboxylic acids is 1. The average molecular weight is 363 g/mol. The van der Waals surface area contributed by atoms with Gasteiger partial charge in [-0.15, -0.1) is 0 Å². The van der Waals surface area contributed by atoms with Crippen molar-refractivity contribution in [2.24, 2.45) is 0 Å². The molecule has 0 fully saturated rings. The zero-order chi connectivity index (χ0) is 20.0. The summed E-state index contributed by atoms with van der Waals surface area (Å²) in [5.41, 5.74) is 0.130. The van der Waals surface area contributed by atoms with E-state index in [0.29, 0.717) is 17.7 Å². The molecule has 0 aromatic heterocycles. The number of aliphatic carboxylic acids is 1. The van der Waals surface area contributed by atoms with E-state index >= 15 is 0 Å². The van der Waals surface area contributed by atoms with Crippen molar-refractivity contribution in [3.63, 3.8) is 0 Å². The van der Waals surface area contributed by atoms with Crippen molar-refractivity contribution >= 4 is 23.6 Å². The third-order valence-electron chi connectivity index (χ3n) is 4.16. The monoisotopic (exact) mass is 363 g/mol. The molecule has 7 heteroatoms. The smallest absolute Gasteiger partial charge is 0.319 e. The first kappa shape index (κ1) is 21.5. The van der Waals surface area contributed by atoms with Crippen molar-refractivity contribution in [1.29, 1.82) is 0 Å². The molecule has 144 valence electrons. The zero-order valence-corrected chi connectivity index (χ0v) is 16.1. The quantitative estimate of drug-likeness (QED) is 0.568. The van der Waals surface area contributed by atoms with E-state index in [0.717, 1.165) is 6.42 Å². The molecule has 0 unspecified atom stereocenters. The van der Waals surface area contributed by atoms with Crippen molar-refractivity contribution in [3.05, 3.63) is 29.8 Å². The Morgan fingerprint density at radius 2 is 1.54 bits per heavy atom. The normalized spacial score (nSPS) is 11.6. The second kappa shape index (κ2) is 8.69. The second-order valence-corrected chi connectivity index (χ2v) is 7.63. The van der Waals surface area contributed by atoms with E-state index in [1.54, 1.807) is 38.1 Å². The van der Waals surface area contributed by atoms with Gasteiger partial charge < -0.3 is 21.1 Å². The Bertz CT molecular complexity index is 651. The van der Waals surface area contributed by atoms with Crippen LogP contribution in [0.3, 0.4) is 0 Å². The number of benzene rings is 1. The lowest BCUT2D eigenvalue weighted by molar-refractivity contribution is -0.137. The summed E-state index contributed by atoms with van der Waals surface area (Å²) < 4.78 is 0. The first-order valence-electron chi connectivity index (χ1n) is 8.68. The van der Waals surface area contributed by atoms with Crippen LogP contribution < -0.4 is 16.0 Å². The third-order valence-corrected chi connectivity index (χ3v) is 4.16. The molecule has 0 saturated heterocycles. The van der Waals surface area contributed by atoms with Crippen LogP contribution in [0.15, 0.2) is 24.3 Å². The highest BCUT2D eigenvalue weighted by molar-refractivity contribution is 5.96. The van der Waals surface area contributed by atoms with Crippen molar-refractivity contribution < 1.29 is 19.5 Å². The highest BCUT2D eigenvalue weighted by Gasteiger charge is 2.22. The molecule has 0 radical (unpaired) electrons. The van der Waals surface area contributed by atoms with E-state index in [1.165, 1.54) is 0 Å². The number of hydrogen-bond acceptors (Lipinski definition) is 3. The lowest BCUT2D eigenvalue weighted by Gasteiger charge is -2.26. The number of carbonyl (C=O) groups is 3. The standard InChI is InChI=1S/C19H29N3O4/c1-6-18(2,3)21-16(25)13-7-9-14(10-8-13)20-17(26)22-19(4,5)12-11-15(23)24/h7-10H,6,11-12H2,1-5H3,(H,21,25)(H,23,24)(H2,20,22,26). The Labute approximate surface area is 154 Å². The number of carboxylic acid groups (broad SMARTS) is 1. The van der Waals surface area contributed by atoms with Crippen LogP contribution in [0, 0.1) is 0 Å². The predicted octanol–water partition coefficient (Wildman–Crippen LogP) is 3.37. The minimum absolute atomic E-state index is 0.0226. The number of rotatable bonds is 8. The number of anilines is 1. The maximum atomic E-state index is 12.2. The van der Waals surface area contributed by atoms with E-state index in [1.807, 2.05) is 20.8 Å². The second-order valence-electron chi connectivity index (χ2n) is 7.63. The zero-order valence-electron chi connectivity index (χ0n) is 16.1. The highest BCUT2D eigenvalue weighted by Crippen LogP contribution is 2.14. The first-order valence-corrected chi connectivity index (χ1v) is 8.68. The molecule has 26 heavy (non-hydrogen) atoms. The number of amides is 3. The Morgan fingerprint density at radius 1 is 0.962 bits per heavy atom. The van der Waals surface area contributed by atoms with Crippen molar-refractivity contribution in [3.8, 4) is 0 Å². The van der Waals surface area contributed by atoms with Crippen LogP contribution in [0.25, 0.3) is 0 Å². The predicted molar refractivity (Wildman–Crippen MR) is 101 cm³/mol. The fraction of sp³-hybridized carbons (Fsp3) is 0.526. The van der Waals surface area contributed by atoms with Crippen LogP contribution in [-0.4, -0.2) is 34.1 Å². The molecule has 0 aliphatic heterocycles. The van der Waals surface area contributed by atoms with Gasteiger partial charge in [0.1, 0.15) is 0 Å². The van der Waals surface area contributed by atoms with Gasteiger partial charge in [0, 0.05) is 28.7 Å². The maximum Gasteiger partial charge on any atom is 0.319 e. The molecule has 0 aliphatic rings. The van der Waals surface area contributed by atoms with Crippen molar-refractivity contribution in [2.75, 3.05) is 5.32 Å². The van der Waals surface area contributed by atoms with Crippen LogP contribution in [0.4, 0.5) is 10.5 Å². The van der Waals surface area contributed by atoms with Crippen LogP contribution in [0.1, 0.15) is 64.2 Å². The van der Waals surface area contributed by atoms with Gasteiger partial charge in [0.15, 0.2) is 0 Å². The summed E-state index contributed by atoms with van der Waals surface area (Å²) in [4.78, 5) is 34.9. The van der Waals surface area contributed by atoms with E-state index < -0.39 is 17.5 Å². The van der Waals surface area contributed by atoms with Gasteiger partial charge in [-0.25, -0.2) is 4.79 Å². The van der Waals surface area contributed by atoms with Crippen molar-refractivity contribution in [2.45, 2.75) is 65.0 Å². The van der Waals surface area contributed by atoms with Gasteiger partial charge in [-0.2, -0.15) is 0 Å². The summed E-state index contributed by atoms with van der Waals surface area (Å²) in [6.07, 6.45) is 1.11. The highest BCUT2D eigenvalue weighted by atomic mass is 16.4. The van der Waals surface area contributed by atoms with E-state index in [9.17, 15) is 14.4 Å². The third kappa shape index (κ3) is 7.55. The molecule has 7 nitrogen and oxygen atoms in total. The maximum absolute atomic E-state index is 12.2. The molecular formula is C19H29N3O4. The van der Waals surface area contributed by atoms with E-state index in [-0.39, 0.29) is 17.9 Å². The number of carbonyl (C=O) groups excluding carboxylic acids is 2. The Morgan fingerprint density at radius 3 is 2.04 bits per heavy atom. The topological polar surface area (TPSA) is 108 Å². The lowest BCUT2D eigenvalue weighted by Crippen LogP contribution is -2.45. The van der Waals surface area contributed by atoms with Gasteiger partial charge in [0.05, 0.1) is 0 Å². The van der Waals surface area contributed by atoms with Gasteiger partial charge in [0.25, 0.3) is 5.91 Å². The van der Waals surface area contributed by atoms with Crippen molar-refractivity contribution in [1.82, 2.24) is 10.6 Å². The Hall–Kier alpha value is -2.57. The fourth-order valence-electron chi connectivity index (χ4n) is 2.12. The largest absolute Gasteiger partial charge is 0.481 e. The van der Waals surface area contributed by atoms with Gasteiger partial charge in [0.2, 0.25) is 0 Å². The molecular weight excluding hydrogens is 334 g/mol. The fourth-order valence-corrected chi connectivity index (χ4v) is 2.12. The lowest BCUT2D eigenvalue weighted by atomic mass is 9.99. The molecule has 0 saturated carbocycles. The Kier molecular flexibility index (Phi) is 7.18. The summed E-state index contributed by atoms with van der Waals surface area (Å²) in [6, 6.07) is 6.16. The molecule has 0 aliphatic carbocycles. The summed E-state index contributed by atoms with van der Waals surface area (Å²) in [7, 11) is 0. The van der Waals surface area contributed by atoms with Gasteiger partial charge >= 0.3 is 12.0 Å². The van der Waals surface area contributed by atoms with E-state index in [4.69, 9.17) is 5.11 Å². The van der Waals surface area contributed by atoms with Crippen LogP contribution in [0.5, 0.6) is 0 Å². The number of hydrogen-bond donors (Lipinski definition) is 4. The average Bonchev–Trinajstić information content (AvgIpc) is 2.52. The summed E-state index contributed by atoms with van der Waals surface area (Å²) in [5.74, 6) is -1.07. The number of urea groups is 1. The summed E-state index contributed by atoms with van der Waals surface area (Å²) >= 11 is 0. The van der Waals surface area contributed by atoms with Gasteiger partial charge in [-0.3, -0.25) is 9.59 Å². The molecule has 1 rings (SSSR count). The minimum atomic E-state index is -0.902. The minimum Gasteiger partial charge on any atom is -0.481 e. The molecule has 1 aromatic carbocycles. The molecule has 0 heterocycles. The molecule has 0 spiro atoms. The molecule has 1 aromatic rings. The van der Waals surface area contributed by atoms with Gasteiger partial charge in [-0.05, 0) is 64.8 Å². The molecule has 0 atom stereocenters. The van der Waals surface area contributed by atoms with Crippen LogP contribution >= 0.6 is 0 Å². The molecule has 0 bridgehead atoms. The van der Waals surface area contributed by atoms with Crippen LogP contribution in [0.2, 0.25) is 0 Å². The van der Waals surface area contributed by atoms with Crippen LogP contribution in [-0.2, 0) is 4.79 Å². The SMILES string of the molecule is CCC(C)(C)NC(=O)c1ccc(NC(=O)NC(C)(C)CCC(=O)O)cc1. The molecule has 3 amide bonds. The Balaban J connectivity index is 2.62.